The van der Waals surface area contributed by atoms with Gasteiger partial charge in [0.15, 0.2) is 5.78 Å². The standard InChI is InChI=1S/C23H18FN3O4/c1-31-16-10-4-13(5-11-16)21(28)20-19-18(17-3-2-12-25-27(17)20)22(29)26(23(19)30)15-8-6-14(24)7-9-15/h2-12,17-20H,1H3/t17?,18-,19-,20+/m1/s1. The van der Waals surface area contributed by atoms with Crippen LogP contribution in [0.15, 0.2) is 65.8 Å². The minimum Gasteiger partial charge on any atom is -0.497 e. The average Bonchev–Trinajstić information content (AvgIpc) is 3.27. The highest BCUT2D eigenvalue weighted by Crippen LogP contribution is 2.46. The molecule has 7 nitrogen and oxygen atoms in total. The van der Waals surface area contributed by atoms with Gasteiger partial charge in [0.05, 0.1) is 30.7 Å². The topological polar surface area (TPSA) is 79.3 Å². The Bertz CT molecular complexity index is 1130. The SMILES string of the molecule is COc1ccc(C(=O)[C@@H]2[C@@H]3C(=O)N(c4ccc(F)cc4)C(=O)[C@@H]3C3C=CC=NN32)cc1. The van der Waals surface area contributed by atoms with Crippen molar-refractivity contribution in [2.45, 2.75) is 12.1 Å². The molecule has 3 aliphatic heterocycles. The number of methoxy groups -OCH3 is 1. The number of hydrazone groups is 1. The van der Waals surface area contributed by atoms with Crippen LogP contribution in [0.1, 0.15) is 10.4 Å². The molecule has 1 unspecified atom stereocenters. The number of nitrogens with zero attached hydrogens (tertiary/aromatic N) is 3. The van der Waals surface area contributed by atoms with Gasteiger partial charge in [0, 0.05) is 11.8 Å². The van der Waals surface area contributed by atoms with E-state index in [2.05, 4.69) is 5.10 Å². The van der Waals surface area contributed by atoms with Gasteiger partial charge in [-0.05, 0) is 54.6 Å². The Kier molecular flexibility index (Phi) is 4.43. The van der Waals surface area contributed by atoms with Gasteiger partial charge in [-0.15, -0.1) is 0 Å². The number of ether oxygens (including phenoxy) is 1. The van der Waals surface area contributed by atoms with Crippen LogP contribution >= 0.6 is 0 Å². The highest BCUT2D eigenvalue weighted by atomic mass is 19.1. The fourth-order valence-corrected chi connectivity index (χ4v) is 4.61. The van der Waals surface area contributed by atoms with Gasteiger partial charge in [-0.1, -0.05) is 6.08 Å². The van der Waals surface area contributed by atoms with Crippen LogP contribution < -0.4 is 9.64 Å². The first-order valence-electron chi connectivity index (χ1n) is 9.82. The molecule has 0 radical (unpaired) electrons. The summed E-state index contributed by atoms with van der Waals surface area (Å²) in [4.78, 5) is 41.2. The van der Waals surface area contributed by atoms with Crippen molar-refractivity contribution in [2.24, 2.45) is 16.9 Å². The number of hydrogen-bond acceptors (Lipinski definition) is 6. The summed E-state index contributed by atoms with van der Waals surface area (Å²) in [6.45, 7) is 0. The van der Waals surface area contributed by atoms with Crippen LogP contribution in [-0.2, 0) is 9.59 Å². The second-order valence-electron chi connectivity index (χ2n) is 7.60. The Balaban J connectivity index is 1.55. The zero-order valence-corrected chi connectivity index (χ0v) is 16.5. The van der Waals surface area contributed by atoms with E-state index in [0.29, 0.717) is 11.3 Å². The molecule has 8 heteroatoms. The molecule has 2 aromatic carbocycles. The number of anilines is 1. The van der Waals surface area contributed by atoms with Gasteiger partial charge in [-0.2, -0.15) is 5.10 Å². The van der Waals surface area contributed by atoms with Crippen molar-refractivity contribution in [3.63, 3.8) is 0 Å². The summed E-state index contributed by atoms with van der Waals surface area (Å²) >= 11 is 0. The molecule has 3 heterocycles. The quantitative estimate of drug-likeness (QED) is 0.562. The first-order valence-corrected chi connectivity index (χ1v) is 9.82. The second kappa shape index (κ2) is 7.16. The van der Waals surface area contributed by atoms with E-state index in [1.807, 2.05) is 0 Å². The van der Waals surface area contributed by atoms with Gasteiger partial charge < -0.3 is 4.74 Å². The molecule has 156 valence electrons. The normalized spacial score (nSPS) is 26.3. The molecule has 31 heavy (non-hydrogen) atoms. The van der Waals surface area contributed by atoms with Gasteiger partial charge in [0.25, 0.3) is 0 Å². The predicted octanol–water partition coefficient (Wildman–Crippen LogP) is 2.43. The largest absolute Gasteiger partial charge is 0.497 e. The molecule has 3 aliphatic rings. The van der Waals surface area contributed by atoms with E-state index in [1.54, 1.807) is 47.6 Å². The molecule has 0 bridgehead atoms. The lowest BCUT2D eigenvalue weighted by molar-refractivity contribution is -0.123. The highest BCUT2D eigenvalue weighted by molar-refractivity contribution is 6.24. The van der Waals surface area contributed by atoms with Gasteiger partial charge in [-0.3, -0.25) is 19.4 Å². The molecule has 2 fully saturated rings. The third kappa shape index (κ3) is 2.86. The molecule has 5 rings (SSSR count). The number of halogens is 1. The fraction of sp³-hybridized carbons (Fsp3) is 0.217. The Labute approximate surface area is 177 Å². The summed E-state index contributed by atoms with van der Waals surface area (Å²) in [6, 6.07) is 10.3. The van der Waals surface area contributed by atoms with Crippen LogP contribution in [0.5, 0.6) is 5.75 Å². The number of benzene rings is 2. The highest BCUT2D eigenvalue weighted by Gasteiger charge is 2.64. The summed E-state index contributed by atoms with van der Waals surface area (Å²) in [6.07, 6.45) is 5.03. The van der Waals surface area contributed by atoms with Crippen LogP contribution in [0, 0.1) is 17.7 Å². The lowest BCUT2D eigenvalue weighted by Gasteiger charge is -2.30. The molecule has 4 atom stereocenters. The fourth-order valence-electron chi connectivity index (χ4n) is 4.61. The first-order chi connectivity index (χ1) is 15.0. The van der Waals surface area contributed by atoms with Gasteiger partial charge in [0.1, 0.15) is 17.6 Å². The van der Waals surface area contributed by atoms with Gasteiger partial charge in [0.2, 0.25) is 11.8 Å². The zero-order chi connectivity index (χ0) is 21.7. The smallest absolute Gasteiger partial charge is 0.240 e. The van der Waals surface area contributed by atoms with Crippen LogP contribution in [-0.4, -0.2) is 48.0 Å². The van der Waals surface area contributed by atoms with Crippen molar-refractivity contribution in [1.82, 2.24) is 5.01 Å². The van der Waals surface area contributed by atoms with Crippen LogP contribution in [0.25, 0.3) is 0 Å². The van der Waals surface area contributed by atoms with Crippen molar-refractivity contribution in [3.8, 4) is 5.75 Å². The second-order valence-corrected chi connectivity index (χ2v) is 7.60. The van der Waals surface area contributed by atoms with E-state index in [4.69, 9.17) is 4.74 Å². The first kappa shape index (κ1) is 19.2. The Morgan fingerprint density at radius 2 is 1.68 bits per heavy atom. The minimum absolute atomic E-state index is 0.288. The lowest BCUT2D eigenvalue weighted by Crippen LogP contribution is -2.46. The van der Waals surface area contributed by atoms with Crippen molar-refractivity contribution in [2.75, 3.05) is 12.0 Å². The van der Waals surface area contributed by atoms with E-state index in [1.165, 1.54) is 31.4 Å². The van der Waals surface area contributed by atoms with Crippen molar-refractivity contribution < 1.29 is 23.5 Å². The monoisotopic (exact) mass is 419 g/mol. The van der Waals surface area contributed by atoms with E-state index >= 15 is 0 Å². The number of ketones is 1. The molecule has 0 spiro atoms. The van der Waals surface area contributed by atoms with Crippen molar-refractivity contribution in [3.05, 3.63) is 72.1 Å². The third-order valence-electron chi connectivity index (χ3n) is 6.02. The lowest BCUT2D eigenvalue weighted by atomic mass is 9.86. The number of amides is 2. The third-order valence-corrected chi connectivity index (χ3v) is 6.02. The number of carbonyl (C=O) groups excluding carboxylic acids is 3. The maximum Gasteiger partial charge on any atom is 0.240 e. The molecule has 2 saturated heterocycles. The van der Waals surface area contributed by atoms with Crippen molar-refractivity contribution in [1.29, 1.82) is 0 Å². The maximum absolute atomic E-state index is 13.5. The molecule has 0 saturated carbocycles. The Hall–Kier alpha value is -3.81. The number of rotatable bonds is 4. The molecule has 2 aromatic rings. The zero-order valence-electron chi connectivity index (χ0n) is 16.5. The molecular formula is C23H18FN3O4. The van der Waals surface area contributed by atoms with Gasteiger partial charge >= 0.3 is 0 Å². The Morgan fingerprint density at radius 3 is 2.35 bits per heavy atom. The number of hydrogen-bond donors (Lipinski definition) is 0. The minimum atomic E-state index is -0.925. The number of carbonyl (C=O) groups is 3. The number of allylic oxidation sites excluding steroid dienone is 1. The summed E-state index contributed by atoms with van der Waals surface area (Å²) in [7, 11) is 1.53. The number of fused-ring (bicyclic) bond motifs is 3. The van der Waals surface area contributed by atoms with Crippen molar-refractivity contribution >= 4 is 29.5 Å². The molecular weight excluding hydrogens is 401 g/mol. The number of imide groups is 1. The summed E-state index contributed by atoms with van der Waals surface area (Å²) in [5.74, 6) is -2.70. The summed E-state index contributed by atoms with van der Waals surface area (Å²) in [5.41, 5.74) is 0.687. The van der Waals surface area contributed by atoms with Crippen LogP contribution in [0.4, 0.5) is 10.1 Å². The van der Waals surface area contributed by atoms with E-state index in [-0.39, 0.29) is 11.5 Å². The van der Waals surface area contributed by atoms with Gasteiger partial charge in [-0.25, -0.2) is 9.29 Å². The Morgan fingerprint density at radius 1 is 1.00 bits per heavy atom. The summed E-state index contributed by atoms with van der Waals surface area (Å²) < 4.78 is 18.5. The average molecular weight is 419 g/mol. The van der Waals surface area contributed by atoms with Crippen LogP contribution in [0.2, 0.25) is 0 Å². The molecule has 0 aromatic heterocycles. The molecule has 0 N–H and O–H groups in total. The van der Waals surface area contributed by atoms with Crippen LogP contribution in [0.3, 0.4) is 0 Å². The molecule has 0 aliphatic carbocycles. The maximum atomic E-state index is 13.5. The van der Waals surface area contributed by atoms with E-state index in [0.717, 1.165) is 4.90 Å². The van der Waals surface area contributed by atoms with E-state index in [9.17, 15) is 18.8 Å². The predicted molar refractivity (Wildman–Crippen MR) is 110 cm³/mol. The van der Waals surface area contributed by atoms with E-state index < -0.39 is 41.6 Å². The summed E-state index contributed by atoms with van der Waals surface area (Å²) in [5, 5.41) is 5.87. The molecule has 2 amide bonds. The number of Topliss-reactive ketones (excluding diaryl/α,β-unsaturated/α-hetero) is 1.